The lowest BCUT2D eigenvalue weighted by atomic mass is 10.1. The number of aromatic nitrogens is 5. The normalized spacial score (nSPS) is 12.2. The number of hydrogen-bond acceptors (Lipinski definition) is 3. The van der Waals surface area contributed by atoms with Gasteiger partial charge in [-0.05, 0) is 54.6 Å². The van der Waals surface area contributed by atoms with Crippen molar-refractivity contribution < 1.29 is 0 Å². The highest BCUT2D eigenvalue weighted by atomic mass is 32.1. The quantitative estimate of drug-likeness (QED) is 0.186. The molecule has 5 aromatic heterocycles. The van der Waals surface area contributed by atoms with Crippen LogP contribution in [0.2, 0.25) is 0 Å². The predicted molar refractivity (Wildman–Crippen MR) is 218 cm³/mol. The lowest BCUT2D eigenvalue weighted by Gasteiger charge is -2.13. The Kier molecular flexibility index (Phi) is 5.59. The Hall–Kier alpha value is -6.76. The zero-order valence-electron chi connectivity index (χ0n) is 27.7. The van der Waals surface area contributed by atoms with Crippen LogP contribution < -0.4 is 0 Å². The van der Waals surface area contributed by atoms with Crippen molar-refractivity contribution in [1.82, 2.24) is 23.7 Å². The lowest BCUT2D eigenvalue weighted by Crippen LogP contribution is -2.06. The van der Waals surface area contributed by atoms with Gasteiger partial charge in [0.1, 0.15) is 0 Å². The van der Waals surface area contributed by atoms with E-state index in [1.54, 1.807) is 11.3 Å². The topological polar surface area (TPSA) is 40.6 Å². The summed E-state index contributed by atoms with van der Waals surface area (Å²) in [5.74, 6) is 1.55. The summed E-state index contributed by atoms with van der Waals surface area (Å²) in [6.07, 6.45) is 0. The van der Waals surface area contributed by atoms with Crippen LogP contribution in [0.3, 0.4) is 0 Å². The number of nitrogens with zero attached hydrogens (tertiary/aromatic N) is 5. The molecule has 5 heterocycles. The zero-order valence-corrected chi connectivity index (χ0v) is 28.5. The summed E-state index contributed by atoms with van der Waals surface area (Å²) in [6, 6.07) is 58.7. The number of para-hydroxylation sites is 5. The van der Waals surface area contributed by atoms with Crippen LogP contribution in [0.4, 0.5) is 0 Å². The SMILES string of the molecule is c1ccc2c(c1)sc1c(-n3c4ccccc4c4cc(-n5c6ccccc6c6ccccc65)ccc43)nc(-n3c4ccccc4c4ccccc43)nc12. The highest BCUT2D eigenvalue weighted by Crippen LogP contribution is 2.42. The van der Waals surface area contributed by atoms with E-state index in [4.69, 9.17) is 9.97 Å². The molecule has 0 radical (unpaired) electrons. The average molecular weight is 682 g/mol. The molecule has 0 saturated carbocycles. The Balaban J connectivity index is 1.20. The van der Waals surface area contributed by atoms with E-state index in [0.29, 0.717) is 5.95 Å². The average Bonchev–Trinajstić information content (AvgIpc) is 3.94. The van der Waals surface area contributed by atoms with Gasteiger partial charge in [0.05, 0.1) is 43.3 Å². The molecule has 12 aromatic rings. The number of fused-ring (bicyclic) bond motifs is 12. The van der Waals surface area contributed by atoms with Crippen molar-refractivity contribution in [3.8, 4) is 17.5 Å². The van der Waals surface area contributed by atoms with Crippen molar-refractivity contribution in [2.24, 2.45) is 0 Å². The Morgan fingerprint density at radius 3 is 1.38 bits per heavy atom. The minimum Gasteiger partial charge on any atom is -0.309 e. The molecular weight excluding hydrogens is 655 g/mol. The Bertz CT molecular complexity index is 3320. The number of hydrogen-bond donors (Lipinski definition) is 0. The second-order valence-electron chi connectivity index (χ2n) is 13.4. The molecule has 0 amide bonds. The zero-order chi connectivity index (χ0) is 33.9. The molecule has 0 N–H and O–H groups in total. The summed E-state index contributed by atoms with van der Waals surface area (Å²) in [5.41, 5.74) is 8.90. The molecule has 7 aromatic carbocycles. The van der Waals surface area contributed by atoms with Crippen LogP contribution in [-0.4, -0.2) is 23.7 Å². The third-order valence-corrected chi connectivity index (χ3v) is 11.8. The molecule has 0 bridgehead atoms. The van der Waals surface area contributed by atoms with Gasteiger partial charge in [0.25, 0.3) is 0 Å². The molecule has 0 atom stereocenters. The standard InChI is InChI=1S/C46H27N5S/c1-7-19-36-29(13-1)30-14-2-8-20-37(30)49(36)28-25-26-41-35(27-28)33-17-5-9-21-38(33)50(41)45-44-43(34-18-6-12-24-42(34)52-44)47-46(48-45)51-39-22-10-3-15-31(39)32-16-4-11-23-40(32)51/h1-27H. The van der Waals surface area contributed by atoms with E-state index < -0.39 is 0 Å². The summed E-state index contributed by atoms with van der Waals surface area (Å²) >= 11 is 1.76. The molecule has 0 unspecified atom stereocenters. The Labute approximate surface area is 300 Å². The third-order valence-electron chi connectivity index (χ3n) is 10.7. The van der Waals surface area contributed by atoms with Crippen molar-refractivity contribution in [3.63, 3.8) is 0 Å². The van der Waals surface area contributed by atoms with Crippen LogP contribution in [0.5, 0.6) is 0 Å². The van der Waals surface area contributed by atoms with Crippen LogP contribution in [0.15, 0.2) is 164 Å². The minimum atomic E-state index is 0.663. The van der Waals surface area contributed by atoms with E-state index in [0.717, 1.165) is 49.2 Å². The van der Waals surface area contributed by atoms with Gasteiger partial charge in [-0.25, -0.2) is 4.98 Å². The van der Waals surface area contributed by atoms with Gasteiger partial charge in [-0.15, -0.1) is 11.3 Å². The highest BCUT2D eigenvalue weighted by Gasteiger charge is 2.23. The molecule has 5 nitrogen and oxygen atoms in total. The van der Waals surface area contributed by atoms with Gasteiger partial charge in [0.15, 0.2) is 5.82 Å². The largest absolute Gasteiger partial charge is 0.309 e. The van der Waals surface area contributed by atoms with Crippen molar-refractivity contribution in [1.29, 1.82) is 0 Å². The van der Waals surface area contributed by atoms with Crippen molar-refractivity contribution in [2.45, 2.75) is 0 Å². The van der Waals surface area contributed by atoms with Gasteiger partial charge >= 0.3 is 0 Å². The number of thiophene rings is 1. The minimum absolute atomic E-state index is 0.663. The molecule has 0 fully saturated rings. The maximum absolute atomic E-state index is 5.56. The molecule has 0 saturated heterocycles. The smallest absolute Gasteiger partial charge is 0.237 e. The molecule has 0 aliphatic rings. The van der Waals surface area contributed by atoms with Gasteiger partial charge in [0.2, 0.25) is 5.95 Å². The molecule has 242 valence electrons. The van der Waals surface area contributed by atoms with Gasteiger partial charge < -0.3 is 4.57 Å². The number of rotatable bonds is 3. The van der Waals surface area contributed by atoms with E-state index in [1.165, 1.54) is 48.1 Å². The van der Waals surface area contributed by atoms with Crippen molar-refractivity contribution in [3.05, 3.63) is 164 Å². The molecule has 0 spiro atoms. The van der Waals surface area contributed by atoms with Crippen LogP contribution in [0.25, 0.3) is 103 Å². The van der Waals surface area contributed by atoms with Crippen LogP contribution in [0.1, 0.15) is 0 Å². The first-order valence-electron chi connectivity index (χ1n) is 17.5. The van der Waals surface area contributed by atoms with Crippen LogP contribution in [-0.2, 0) is 0 Å². The van der Waals surface area contributed by atoms with Gasteiger partial charge in [-0.3, -0.25) is 9.13 Å². The lowest BCUT2D eigenvalue weighted by molar-refractivity contribution is 0.976. The van der Waals surface area contributed by atoms with Crippen LogP contribution in [0, 0.1) is 0 Å². The molecule has 0 aliphatic carbocycles. The van der Waals surface area contributed by atoms with Crippen molar-refractivity contribution >= 4 is 97.1 Å². The predicted octanol–water partition coefficient (Wildman–Crippen LogP) is 12.1. The third kappa shape index (κ3) is 3.71. The molecule has 52 heavy (non-hydrogen) atoms. The van der Waals surface area contributed by atoms with Gasteiger partial charge in [-0.2, -0.15) is 4.98 Å². The van der Waals surface area contributed by atoms with E-state index in [2.05, 4.69) is 177 Å². The first kappa shape index (κ1) is 28.0. The fourth-order valence-corrected chi connectivity index (χ4v) is 9.61. The Morgan fingerprint density at radius 1 is 0.365 bits per heavy atom. The number of benzene rings is 7. The second-order valence-corrected chi connectivity index (χ2v) is 14.5. The Morgan fingerprint density at radius 2 is 0.808 bits per heavy atom. The first-order chi connectivity index (χ1) is 25.8. The summed E-state index contributed by atoms with van der Waals surface area (Å²) in [6.45, 7) is 0. The summed E-state index contributed by atoms with van der Waals surface area (Å²) < 4.78 is 9.25. The fourth-order valence-electron chi connectivity index (χ4n) is 8.48. The molecule has 0 aliphatic heterocycles. The maximum atomic E-state index is 5.56. The van der Waals surface area contributed by atoms with E-state index >= 15 is 0 Å². The molecule has 12 rings (SSSR count). The van der Waals surface area contributed by atoms with Gasteiger partial charge in [-0.1, -0.05) is 109 Å². The molecular formula is C46H27N5S. The van der Waals surface area contributed by atoms with E-state index in [1.807, 2.05) is 0 Å². The molecule has 6 heteroatoms. The highest BCUT2D eigenvalue weighted by molar-refractivity contribution is 7.26. The maximum Gasteiger partial charge on any atom is 0.237 e. The first-order valence-corrected chi connectivity index (χ1v) is 18.3. The van der Waals surface area contributed by atoms with Crippen LogP contribution >= 0.6 is 11.3 Å². The monoisotopic (exact) mass is 681 g/mol. The van der Waals surface area contributed by atoms with Crippen molar-refractivity contribution in [2.75, 3.05) is 0 Å². The summed E-state index contributed by atoms with van der Waals surface area (Å²) in [5, 5.41) is 8.40. The summed E-state index contributed by atoms with van der Waals surface area (Å²) in [7, 11) is 0. The van der Waals surface area contributed by atoms with E-state index in [9.17, 15) is 0 Å². The van der Waals surface area contributed by atoms with E-state index in [-0.39, 0.29) is 0 Å². The second kappa shape index (κ2) is 10.4. The van der Waals surface area contributed by atoms with Gasteiger partial charge in [0, 0.05) is 48.1 Å². The fraction of sp³-hybridized carbons (Fsp3) is 0. The summed E-state index contributed by atoms with van der Waals surface area (Å²) in [4.78, 5) is 10.9.